The van der Waals surface area contributed by atoms with Crippen LogP contribution in [0.3, 0.4) is 0 Å². The van der Waals surface area contributed by atoms with Crippen molar-refractivity contribution in [3.05, 3.63) is 0 Å². The van der Waals surface area contributed by atoms with Gasteiger partial charge in [-0.15, -0.1) is 22.2 Å². The van der Waals surface area contributed by atoms with E-state index in [2.05, 4.69) is 12.6 Å². The fraction of sp³-hybridized carbons (Fsp3) is 1.00. The van der Waals surface area contributed by atoms with Gasteiger partial charge in [0.15, 0.2) is 0 Å². The SMILES string of the molecule is C[Si](Cl)(Cl)CCCCCCCCS. The second-order valence-corrected chi connectivity index (χ2v) is 12.3. The third-order valence-electron chi connectivity index (χ3n) is 2.02. The molecule has 0 spiro atoms. The Morgan fingerprint density at radius 2 is 1.38 bits per heavy atom. The first kappa shape index (κ1) is 14.1. The molecule has 0 unspecified atom stereocenters. The molecular weight excluding hydrogens is 239 g/mol. The van der Waals surface area contributed by atoms with E-state index in [1.54, 1.807) is 0 Å². The van der Waals surface area contributed by atoms with Crippen LogP contribution < -0.4 is 0 Å². The van der Waals surface area contributed by atoms with E-state index >= 15 is 0 Å². The molecule has 0 saturated heterocycles. The van der Waals surface area contributed by atoms with E-state index in [1.807, 2.05) is 6.55 Å². The number of halogens is 2. The highest BCUT2D eigenvalue weighted by atomic mass is 35.7. The second-order valence-electron chi connectivity index (χ2n) is 3.67. The summed E-state index contributed by atoms with van der Waals surface area (Å²) in [6.07, 6.45) is 7.72. The predicted octanol–water partition coefficient (Wildman–Crippen LogP) is 4.81. The number of unbranched alkanes of at least 4 members (excludes halogenated alkanes) is 5. The minimum absolute atomic E-state index is 1.02. The molecule has 0 aliphatic carbocycles. The van der Waals surface area contributed by atoms with E-state index in [9.17, 15) is 0 Å². The molecule has 0 nitrogen and oxygen atoms in total. The Morgan fingerprint density at radius 1 is 0.923 bits per heavy atom. The van der Waals surface area contributed by atoms with Crippen molar-refractivity contribution in [3.8, 4) is 0 Å². The van der Waals surface area contributed by atoms with Crippen LogP contribution in [-0.4, -0.2) is 12.4 Å². The van der Waals surface area contributed by atoms with E-state index in [0.717, 1.165) is 11.8 Å². The molecule has 0 aromatic heterocycles. The van der Waals surface area contributed by atoms with Gasteiger partial charge in [-0.05, 0) is 24.8 Å². The Hall–Kier alpha value is 1.15. The highest BCUT2D eigenvalue weighted by Gasteiger charge is 2.19. The van der Waals surface area contributed by atoms with Gasteiger partial charge in [-0.25, -0.2) is 0 Å². The molecule has 0 aromatic carbocycles. The van der Waals surface area contributed by atoms with Gasteiger partial charge in [-0.2, -0.15) is 12.6 Å². The van der Waals surface area contributed by atoms with Gasteiger partial charge in [-0.1, -0.05) is 32.1 Å². The van der Waals surface area contributed by atoms with Crippen molar-refractivity contribution >= 4 is 41.5 Å². The van der Waals surface area contributed by atoms with Crippen molar-refractivity contribution in [1.29, 1.82) is 0 Å². The quantitative estimate of drug-likeness (QED) is 0.275. The van der Waals surface area contributed by atoms with E-state index < -0.39 is 6.69 Å². The lowest BCUT2D eigenvalue weighted by atomic mass is 10.1. The summed E-state index contributed by atoms with van der Waals surface area (Å²) in [6, 6.07) is 1.04. The summed E-state index contributed by atoms with van der Waals surface area (Å²) < 4.78 is 0. The van der Waals surface area contributed by atoms with Crippen LogP contribution in [0.1, 0.15) is 38.5 Å². The van der Waals surface area contributed by atoms with E-state index in [4.69, 9.17) is 22.2 Å². The van der Waals surface area contributed by atoms with Crippen molar-refractivity contribution in [2.24, 2.45) is 0 Å². The molecule has 0 bridgehead atoms. The van der Waals surface area contributed by atoms with Crippen molar-refractivity contribution < 1.29 is 0 Å². The fourth-order valence-electron chi connectivity index (χ4n) is 1.25. The van der Waals surface area contributed by atoms with Crippen LogP contribution in [0.25, 0.3) is 0 Å². The van der Waals surface area contributed by atoms with Gasteiger partial charge in [0.25, 0.3) is 0 Å². The van der Waals surface area contributed by atoms with Crippen molar-refractivity contribution in [2.45, 2.75) is 51.1 Å². The molecule has 0 rings (SSSR count). The fourth-order valence-corrected chi connectivity index (χ4v) is 3.15. The van der Waals surface area contributed by atoms with Crippen LogP contribution in [0, 0.1) is 0 Å². The lowest BCUT2D eigenvalue weighted by molar-refractivity contribution is 0.626. The summed E-state index contributed by atoms with van der Waals surface area (Å²) in [5.74, 6) is 1.02. The Labute approximate surface area is 98.2 Å². The molecule has 4 heteroatoms. The van der Waals surface area contributed by atoms with Crippen molar-refractivity contribution in [1.82, 2.24) is 0 Å². The van der Waals surface area contributed by atoms with Crippen molar-refractivity contribution in [2.75, 3.05) is 5.75 Å². The molecule has 0 aliphatic heterocycles. The smallest absolute Gasteiger partial charge is 0.179 e. The van der Waals surface area contributed by atoms with Gasteiger partial charge >= 0.3 is 0 Å². The van der Waals surface area contributed by atoms with Crippen molar-refractivity contribution in [3.63, 3.8) is 0 Å². The summed E-state index contributed by atoms with van der Waals surface area (Å²) in [4.78, 5) is 0. The zero-order valence-electron chi connectivity index (χ0n) is 8.36. The van der Waals surface area contributed by atoms with Gasteiger partial charge in [0.05, 0.1) is 0 Å². The Balaban J connectivity index is 3.00. The monoisotopic (exact) mass is 258 g/mol. The topological polar surface area (TPSA) is 0 Å². The normalized spacial score (nSPS) is 12.0. The number of rotatable bonds is 8. The van der Waals surface area contributed by atoms with Crippen LogP contribution >= 0.6 is 34.8 Å². The van der Waals surface area contributed by atoms with Crippen LogP contribution in [0.2, 0.25) is 12.6 Å². The maximum Gasteiger partial charge on any atom is 0.248 e. The first-order valence-electron chi connectivity index (χ1n) is 5.05. The van der Waals surface area contributed by atoms with Crippen LogP contribution in [-0.2, 0) is 0 Å². The van der Waals surface area contributed by atoms with Crippen LogP contribution in [0.4, 0.5) is 0 Å². The lowest BCUT2D eigenvalue weighted by Gasteiger charge is -2.08. The minimum atomic E-state index is -1.80. The summed E-state index contributed by atoms with van der Waals surface area (Å²) in [7, 11) is 0. The minimum Gasteiger partial charge on any atom is -0.179 e. The van der Waals surface area contributed by atoms with E-state index in [1.165, 1.54) is 38.5 Å². The Bertz CT molecular complexity index is 115. The van der Waals surface area contributed by atoms with Gasteiger partial charge in [-0.3, -0.25) is 0 Å². The number of hydrogen-bond acceptors (Lipinski definition) is 1. The lowest BCUT2D eigenvalue weighted by Crippen LogP contribution is -2.11. The molecule has 0 radical (unpaired) electrons. The number of hydrogen-bond donors (Lipinski definition) is 1. The van der Waals surface area contributed by atoms with E-state index in [-0.39, 0.29) is 0 Å². The average Bonchev–Trinajstić information content (AvgIpc) is 2.01. The van der Waals surface area contributed by atoms with E-state index in [0.29, 0.717) is 0 Å². The molecular formula is C9H20Cl2SSi. The molecule has 0 aromatic rings. The molecule has 0 heterocycles. The molecule has 0 N–H and O–H groups in total. The zero-order valence-corrected chi connectivity index (χ0v) is 11.8. The molecule has 80 valence electrons. The van der Waals surface area contributed by atoms with Crippen LogP contribution in [0.15, 0.2) is 0 Å². The third kappa shape index (κ3) is 13.1. The Morgan fingerprint density at radius 3 is 1.85 bits per heavy atom. The largest absolute Gasteiger partial charge is 0.248 e. The highest BCUT2D eigenvalue weighted by molar-refractivity contribution is 7.80. The molecule has 0 atom stereocenters. The zero-order chi connectivity index (χ0) is 10.2. The Kier molecular flexibility index (Phi) is 9.20. The molecule has 13 heavy (non-hydrogen) atoms. The van der Waals surface area contributed by atoms with Crippen LogP contribution in [0.5, 0.6) is 0 Å². The third-order valence-corrected chi connectivity index (χ3v) is 4.71. The molecule has 0 amide bonds. The first-order valence-corrected chi connectivity index (χ1v) is 10.4. The summed E-state index contributed by atoms with van der Waals surface area (Å²) >= 11 is 16.2. The standard InChI is InChI=1S/C9H20Cl2SSi/c1-13(10,11)9-7-5-3-2-4-6-8-12/h12H,2-9H2,1H3. The van der Waals surface area contributed by atoms with Gasteiger partial charge in [0.2, 0.25) is 6.69 Å². The molecule has 0 fully saturated rings. The average molecular weight is 259 g/mol. The summed E-state index contributed by atoms with van der Waals surface area (Å²) in [5, 5.41) is 0. The number of thiol groups is 1. The molecule has 0 saturated carbocycles. The predicted molar refractivity (Wildman–Crippen MR) is 69.7 cm³/mol. The first-order chi connectivity index (χ1) is 6.06. The van der Waals surface area contributed by atoms with Gasteiger partial charge < -0.3 is 0 Å². The summed E-state index contributed by atoms with van der Waals surface area (Å²) in [5.41, 5.74) is 0. The second kappa shape index (κ2) is 8.45. The van der Waals surface area contributed by atoms with Gasteiger partial charge in [0, 0.05) is 0 Å². The summed E-state index contributed by atoms with van der Waals surface area (Å²) in [6.45, 7) is 0.197. The van der Waals surface area contributed by atoms with Gasteiger partial charge in [0.1, 0.15) is 0 Å². The molecule has 0 aliphatic rings. The highest BCUT2D eigenvalue weighted by Crippen LogP contribution is 2.23. The maximum absolute atomic E-state index is 5.99. The maximum atomic E-state index is 5.99.